The number of rotatable bonds is 5. The minimum atomic E-state index is -0.564. The van der Waals surface area contributed by atoms with Crippen molar-refractivity contribution in [3.05, 3.63) is 47.0 Å². The van der Waals surface area contributed by atoms with E-state index in [2.05, 4.69) is 17.7 Å². The van der Waals surface area contributed by atoms with E-state index in [4.69, 9.17) is 5.73 Å². The molecule has 0 spiro atoms. The topological polar surface area (TPSA) is 105 Å². The fourth-order valence-electron chi connectivity index (χ4n) is 3.70. The molecule has 1 saturated carbocycles. The highest BCUT2D eigenvalue weighted by Crippen LogP contribution is 2.35. The number of primary amides is 1. The zero-order valence-electron chi connectivity index (χ0n) is 15.7. The number of hydrogen-bond acceptors (Lipinski definition) is 4. The molecule has 0 saturated heterocycles. The summed E-state index contributed by atoms with van der Waals surface area (Å²) in [6.45, 7) is 3.92. The lowest BCUT2D eigenvalue weighted by Crippen LogP contribution is -2.62. The van der Waals surface area contributed by atoms with Gasteiger partial charge in [-0.2, -0.15) is 0 Å². The van der Waals surface area contributed by atoms with E-state index in [1.54, 1.807) is 6.08 Å². The fourth-order valence-corrected chi connectivity index (χ4v) is 3.70. The first-order valence-corrected chi connectivity index (χ1v) is 9.29. The van der Waals surface area contributed by atoms with E-state index < -0.39 is 11.4 Å². The third kappa shape index (κ3) is 4.19. The Kier molecular flexibility index (Phi) is 5.32. The SMILES string of the molecule is CCc1ccc(C(=O)NC2CCC3(C)NN(CC(N)=O)C(=O)C=C3C2)cc1. The van der Waals surface area contributed by atoms with Crippen LogP contribution in [-0.4, -0.2) is 40.9 Å². The minimum Gasteiger partial charge on any atom is -0.368 e. The van der Waals surface area contributed by atoms with E-state index in [1.165, 1.54) is 10.6 Å². The molecule has 27 heavy (non-hydrogen) atoms. The van der Waals surface area contributed by atoms with E-state index >= 15 is 0 Å². The predicted octanol–water partition coefficient (Wildman–Crippen LogP) is 1.05. The monoisotopic (exact) mass is 370 g/mol. The molecule has 0 radical (unpaired) electrons. The molecule has 1 aromatic carbocycles. The number of nitrogens with two attached hydrogens (primary N) is 1. The highest BCUT2D eigenvalue weighted by molar-refractivity contribution is 5.95. The summed E-state index contributed by atoms with van der Waals surface area (Å²) in [6.07, 6.45) is 4.61. The highest BCUT2D eigenvalue weighted by atomic mass is 16.2. The van der Waals surface area contributed by atoms with Crippen molar-refractivity contribution in [2.45, 2.75) is 51.1 Å². The number of aryl methyl sites for hydroxylation is 1. The molecular formula is C20H26N4O3. The quantitative estimate of drug-likeness (QED) is 0.720. The van der Waals surface area contributed by atoms with Gasteiger partial charge in [0.05, 0.1) is 5.54 Å². The molecular weight excluding hydrogens is 344 g/mol. The first-order chi connectivity index (χ1) is 12.8. The van der Waals surface area contributed by atoms with Crippen molar-refractivity contribution in [3.63, 3.8) is 0 Å². The van der Waals surface area contributed by atoms with Crippen LogP contribution in [0.1, 0.15) is 49.0 Å². The van der Waals surface area contributed by atoms with Crippen LogP contribution in [0.2, 0.25) is 0 Å². The van der Waals surface area contributed by atoms with Crippen LogP contribution in [0, 0.1) is 0 Å². The third-order valence-corrected chi connectivity index (χ3v) is 5.39. The van der Waals surface area contributed by atoms with Gasteiger partial charge in [0, 0.05) is 17.7 Å². The molecule has 144 valence electrons. The Morgan fingerprint density at radius 2 is 2.04 bits per heavy atom. The normalized spacial score (nSPS) is 24.8. The summed E-state index contributed by atoms with van der Waals surface area (Å²) in [7, 11) is 0. The second-order valence-electron chi connectivity index (χ2n) is 7.47. The summed E-state index contributed by atoms with van der Waals surface area (Å²) in [4.78, 5) is 35.9. The van der Waals surface area contributed by atoms with Crippen molar-refractivity contribution < 1.29 is 14.4 Å². The van der Waals surface area contributed by atoms with E-state index in [0.717, 1.165) is 24.8 Å². The summed E-state index contributed by atoms with van der Waals surface area (Å²) >= 11 is 0. The zero-order chi connectivity index (χ0) is 19.6. The number of nitrogens with zero attached hydrogens (tertiary/aromatic N) is 1. The Balaban J connectivity index is 1.67. The smallest absolute Gasteiger partial charge is 0.261 e. The molecule has 3 rings (SSSR count). The van der Waals surface area contributed by atoms with Gasteiger partial charge in [0.1, 0.15) is 6.54 Å². The minimum absolute atomic E-state index is 0.0278. The number of nitrogens with one attached hydrogen (secondary N) is 2. The number of fused-ring (bicyclic) bond motifs is 1. The number of amides is 3. The van der Waals surface area contributed by atoms with Crippen LogP contribution >= 0.6 is 0 Å². The van der Waals surface area contributed by atoms with Gasteiger partial charge in [0.25, 0.3) is 11.8 Å². The van der Waals surface area contributed by atoms with Crippen molar-refractivity contribution in [1.82, 2.24) is 15.8 Å². The van der Waals surface area contributed by atoms with E-state index in [9.17, 15) is 14.4 Å². The number of benzene rings is 1. The molecule has 2 aliphatic rings. The van der Waals surface area contributed by atoms with Gasteiger partial charge in [-0.1, -0.05) is 19.1 Å². The van der Waals surface area contributed by atoms with Crippen molar-refractivity contribution in [2.24, 2.45) is 5.73 Å². The Morgan fingerprint density at radius 3 is 2.67 bits per heavy atom. The molecule has 0 bridgehead atoms. The molecule has 1 aliphatic heterocycles. The predicted molar refractivity (Wildman–Crippen MR) is 101 cm³/mol. The third-order valence-electron chi connectivity index (χ3n) is 5.39. The molecule has 1 fully saturated rings. The first-order valence-electron chi connectivity index (χ1n) is 9.29. The number of hydrazine groups is 1. The molecule has 1 heterocycles. The molecule has 2 atom stereocenters. The standard InChI is InChI=1S/C20H26N4O3/c1-3-13-4-6-14(7-5-13)19(27)22-16-8-9-20(2)15(10-16)11-18(26)24(23-20)12-17(21)25/h4-7,11,16,23H,3,8-10,12H2,1-2H3,(H2,21,25)(H,22,27). The van der Waals surface area contributed by atoms with Crippen molar-refractivity contribution >= 4 is 17.7 Å². The van der Waals surface area contributed by atoms with Crippen LogP contribution in [0.4, 0.5) is 0 Å². The van der Waals surface area contributed by atoms with Gasteiger partial charge < -0.3 is 11.1 Å². The van der Waals surface area contributed by atoms with Gasteiger partial charge in [-0.3, -0.25) is 19.4 Å². The van der Waals surface area contributed by atoms with Crippen LogP contribution in [-0.2, 0) is 16.0 Å². The van der Waals surface area contributed by atoms with Gasteiger partial charge >= 0.3 is 0 Å². The van der Waals surface area contributed by atoms with E-state index in [-0.39, 0.29) is 24.4 Å². The average Bonchev–Trinajstić information content (AvgIpc) is 2.63. The highest BCUT2D eigenvalue weighted by Gasteiger charge is 2.41. The Morgan fingerprint density at radius 1 is 1.33 bits per heavy atom. The molecule has 7 nitrogen and oxygen atoms in total. The lowest BCUT2D eigenvalue weighted by Gasteiger charge is -2.46. The molecule has 0 aromatic heterocycles. The van der Waals surface area contributed by atoms with E-state index in [1.807, 2.05) is 31.2 Å². The first kappa shape index (κ1) is 19.1. The summed E-state index contributed by atoms with van der Waals surface area (Å²) in [5, 5.41) is 4.34. The summed E-state index contributed by atoms with van der Waals surface area (Å²) in [6, 6.07) is 7.58. The number of carbonyl (C=O) groups is 3. The fraction of sp³-hybridized carbons (Fsp3) is 0.450. The lowest BCUT2D eigenvalue weighted by atomic mass is 9.75. The molecule has 3 amide bonds. The summed E-state index contributed by atoms with van der Waals surface area (Å²) in [5.74, 6) is -0.952. The van der Waals surface area contributed by atoms with Crippen molar-refractivity contribution in [2.75, 3.05) is 6.54 Å². The van der Waals surface area contributed by atoms with Gasteiger partial charge in [-0.15, -0.1) is 0 Å². The summed E-state index contributed by atoms with van der Waals surface area (Å²) < 4.78 is 0. The molecule has 1 aliphatic carbocycles. The van der Waals surface area contributed by atoms with Crippen molar-refractivity contribution in [1.29, 1.82) is 0 Å². The van der Waals surface area contributed by atoms with Gasteiger partial charge in [-0.25, -0.2) is 5.43 Å². The lowest BCUT2D eigenvalue weighted by molar-refractivity contribution is -0.137. The summed E-state index contributed by atoms with van der Waals surface area (Å²) in [5.41, 5.74) is 10.7. The van der Waals surface area contributed by atoms with Crippen LogP contribution in [0.5, 0.6) is 0 Å². The Labute approximate surface area is 158 Å². The van der Waals surface area contributed by atoms with Gasteiger partial charge in [-0.05, 0) is 55.9 Å². The zero-order valence-corrected chi connectivity index (χ0v) is 15.7. The maximum atomic E-state index is 12.5. The average molecular weight is 370 g/mol. The molecule has 2 unspecified atom stereocenters. The molecule has 4 N–H and O–H groups in total. The molecule has 1 aromatic rings. The number of carbonyl (C=O) groups excluding carboxylic acids is 3. The van der Waals surface area contributed by atoms with Crippen LogP contribution in [0.15, 0.2) is 35.9 Å². The van der Waals surface area contributed by atoms with Crippen LogP contribution < -0.4 is 16.5 Å². The largest absolute Gasteiger partial charge is 0.368 e. The molecule has 7 heteroatoms. The Hall–Kier alpha value is -2.67. The van der Waals surface area contributed by atoms with Crippen LogP contribution in [0.25, 0.3) is 0 Å². The maximum Gasteiger partial charge on any atom is 0.261 e. The van der Waals surface area contributed by atoms with E-state index in [0.29, 0.717) is 12.0 Å². The van der Waals surface area contributed by atoms with Gasteiger partial charge in [0.2, 0.25) is 5.91 Å². The number of hydrogen-bond donors (Lipinski definition) is 3. The van der Waals surface area contributed by atoms with Crippen LogP contribution in [0.3, 0.4) is 0 Å². The van der Waals surface area contributed by atoms with Crippen molar-refractivity contribution in [3.8, 4) is 0 Å². The second-order valence-corrected chi connectivity index (χ2v) is 7.47. The maximum absolute atomic E-state index is 12.5. The van der Waals surface area contributed by atoms with Gasteiger partial charge in [0.15, 0.2) is 0 Å². The second kappa shape index (κ2) is 7.52. The Bertz CT molecular complexity index is 787.